The van der Waals surface area contributed by atoms with Gasteiger partial charge in [0.05, 0.1) is 17.5 Å². The lowest BCUT2D eigenvalue weighted by Crippen LogP contribution is -2.47. The van der Waals surface area contributed by atoms with Crippen LogP contribution < -0.4 is 5.73 Å². The minimum absolute atomic E-state index is 0.0435. The number of hydrogen-bond acceptors (Lipinski definition) is 9. The Labute approximate surface area is 296 Å². The maximum atomic E-state index is 14.9. The molecule has 0 saturated heterocycles. The van der Waals surface area contributed by atoms with Crippen LogP contribution in [0.4, 0.5) is 17.6 Å². The van der Waals surface area contributed by atoms with Crippen molar-refractivity contribution < 1.29 is 31.9 Å². The van der Waals surface area contributed by atoms with E-state index in [9.17, 15) is 27.2 Å². The predicted molar refractivity (Wildman–Crippen MR) is 182 cm³/mol. The Morgan fingerprint density at radius 1 is 1.00 bits per heavy atom. The van der Waals surface area contributed by atoms with Crippen LogP contribution in [0.3, 0.4) is 0 Å². The number of rotatable bonds is 12. The Hall–Kier alpha value is -4.92. The number of aromatic nitrogens is 5. The van der Waals surface area contributed by atoms with Crippen molar-refractivity contribution in [2.75, 3.05) is 6.61 Å². The Balaban J connectivity index is 1.59. The predicted octanol–water partition coefficient (Wildman–Crippen LogP) is 7.20. The van der Waals surface area contributed by atoms with Crippen molar-refractivity contribution in [3.63, 3.8) is 0 Å². The molecule has 3 heterocycles. The molecule has 2 atom stereocenters. The highest BCUT2D eigenvalue weighted by Crippen LogP contribution is 2.45. The van der Waals surface area contributed by atoms with Crippen LogP contribution in [-0.4, -0.2) is 60.5 Å². The number of carbonyl (C=O) groups is 2. The lowest BCUT2D eigenvalue weighted by Gasteiger charge is -2.35. The van der Waals surface area contributed by atoms with Crippen molar-refractivity contribution in [3.8, 4) is 22.8 Å². The first kappa shape index (κ1) is 37.3. The molecule has 0 bridgehead atoms. The standard InChI is InChI=1S/C35H37ClF4N8O3/c1-33(2,3)18-35(22-10-7-20(8-11-22)27-42-13-6-14-43-27)30(50)47(32(41)46-35)25(17-51-26(49)16-34(4,5)29(37)38)21-9-12-24(36)23(15-21)28-44-19-45-48(28)31(39)40/h6-15,19,25,29,31H,16-18H2,1-5H3,(H2,41,46)/t25-,35-/m1/s1. The van der Waals surface area contributed by atoms with Crippen LogP contribution in [0.2, 0.25) is 5.02 Å². The van der Waals surface area contributed by atoms with Crippen molar-refractivity contribution in [1.82, 2.24) is 29.6 Å². The number of nitrogens with zero attached hydrogens (tertiary/aromatic N) is 7. The van der Waals surface area contributed by atoms with E-state index >= 15 is 0 Å². The zero-order valence-electron chi connectivity index (χ0n) is 28.5. The summed E-state index contributed by atoms with van der Waals surface area (Å²) in [7, 11) is 0. The number of halogens is 5. The highest BCUT2D eigenvalue weighted by atomic mass is 35.5. The molecule has 2 N–H and O–H groups in total. The molecular formula is C35H37ClF4N8O3. The molecule has 11 nitrogen and oxygen atoms in total. The van der Waals surface area contributed by atoms with Gasteiger partial charge in [-0.3, -0.25) is 14.5 Å². The smallest absolute Gasteiger partial charge is 0.335 e. The molecule has 0 unspecified atom stereocenters. The first-order valence-corrected chi connectivity index (χ1v) is 16.3. The van der Waals surface area contributed by atoms with Gasteiger partial charge in [0, 0.05) is 28.9 Å². The highest BCUT2D eigenvalue weighted by molar-refractivity contribution is 6.33. The van der Waals surface area contributed by atoms with Gasteiger partial charge in [0.15, 0.2) is 23.1 Å². The van der Waals surface area contributed by atoms with Crippen LogP contribution in [0.1, 0.15) is 71.2 Å². The SMILES string of the molecule is CC(C)(C)C[C@]1(c2ccc(-c3ncccn3)cc2)N=C(N)N([C@H](COC(=O)CC(C)(C)C(F)F)c2ccc(Cl)c(-c3ncnn3C(F)F)c2)C1=O. The Kier molecular flexibility index (Phi) is 10.5. The van der Waals surface area contributed by atoms with Gasteiger partial charge >= 0.3 is 12.5 Å². The number of guanidine groups is 1. The first-order chi connectivity index (χ1) is 23.9. The van der Waals surface area contributed by atoms with Crippen LogP contribution in [0.5, 0.6) is 0 Å². The average Bonchev–Trinajstić information content (AvgIpc) is 3.65. The van der Waals surface area contributed by atoms with E-state index in [1.54, 1.807) is 42.7 Å². The Morgan fingerprint density at radius 3 is 2.27 bits per heavy atom. The largest absolute Gasteiger partial charge is 0.463 e. The average molecular weight is 729 g/mol. The molecule has 2 aromatic carbocycles. The van der Waals surface area contributed by atoms with Gasteiger partial charge in [-0.2, -0.15) is 18.6 Å². The minimum Gasteiger partial charge on any atom is -0.463 e. The second-order valence-electron chi connectivity index (χ2n) is 14.1. The maximum Gasteiger partial charge on any atom is 0.335 e. The zero-order valence-corrected chi connectivity index (χ0v) is 29.3. The van der Waals surface area contributed by atoms with Crippen LogP contribution >= 0.6 is 11.6 Å². The molecule has 1 aliphatic heterocycles. The third-order valence-electron chi connectivity index (χ3n) is 8.38. The summed E-state index contributed by atoms with van der Waals surface area (Å²) in [5.41, 5.74) is 4.40. The number of nitrogens with two attached hydrogens (primary N) is 1. The summed E-state index contributed by atoms with van der Waals surface area (Å²) in [6.45, 7) is 4.69. The van der Waals surface area contributed by atoms with Gasteiger partial charge in [-0.05, 0) is 41.2 Å². The monoisotopic (exact) mass is 728 g/mol. The van der Waals surface area contributed by atoms with E-state index in [1.165, 1.54) is 36.9 Å². The fourth-order valence-corrected chi connectivity index (χ4v) is 6.12. The van der Waals surface area contributed by atoms with Crippen LogP contribution in [-0.2, 0) is 19.9 Å². The summed E-state index contributed by atoms with van der Waals surface area (Å²) >= 11 is 6.45. The highest BCUT2D eigenvalue weighted by Gasteiger charge is 2.53. The fourth-order valence-electron chi connectivity index (χ4n) is 5.92. The number of amides is 1. The molecular weight excluding hydrogens is 692 g/mol. The van der Waals surface area contributed by atoms with E-state index in [-0.39, 0.29) is 34.4 Å². The maximum absolute atomic E-state index is 14.9. The van der Waals surface area contributed by atoms with E-state index < -0.39 is 60.3 Å². The Bertz CT molecular complexity index is 1920. The molecule has 16 heteroatoms. The second-order valence-corrected chi connectivity index (χ2v) is 14.5. The second kappa shape index (κ2) is 14.4. The lowest BCUT2D eigenvalue weighted by molar-refractivity contribution is -0.152. The molecule has 5 rings (SSSR count). The van der Waals surface area contributed by atoms with E-state index in [0.29, 0.717) is 21.6 Å². The quantitative estimate of drug-likeness (QED) is 0.119. The molecule has 51 heavy (non-hydrogen) atoms. The van der Waals surface area contributed by atoms with Crippen LogP contribution in [0.15, 0.2) is 72.2 Å². The van der Waals surface area contributed by atoms with Gasteiger partial charge < -0.3 is 10.5 Å². The number of hydrogen-bond donors (Lipinski definition) is 1. The molecule has 0 spiro atoms. The van der Waals surface area contributed by atoms with E-state index in [4.69, 9.17) is 27.1 Å². The van der Waals surface area contributed by atoms with Crippen molar-refractivity contribution in [2.45, 2.75) is 72.0 Å². The summed E-state index contributed by atoms with van der Waals surface area (Å²) in [6.07, 6.45) is 0.940. The summed E-state index contributed by atoms with van der Waals surface area (Å²) < 4.78 is 60.8. The number of benzene rings is 2. The lowest BCUT2D eigenvalue weighted by atomic mass is 9.75. The van der Waals surface area contributed by atoms with E-state index in [2.05, 4.69) is 20.1 Å². The Morgan fingerprint density at radius 2 is 1.67 bits per heavy atom. The summed E-state index contributed by atoms with van der Waals surface area (Å²) in [4.78, 5) is 46.3. The van der Waals surface area contributed by atoms with Crippen molar-refractivity contribution >= 4 is 29.4 Å². The fraction of sp³-hybridized carbons (Fsp3) is 0.400. The topological polar surface area (TPSA) is 141 Å². The third kappa shape index (κ3) is 7.87. The molecule has 2 aromatic heterocycles. The van der Waals surface area contributed by atoms with Gasteiger partial charge in [0.2, 0.25) is 6.43 Å². The first-order valence-electron chi connectivity index (χ1n) is 15.9. The van der Waals surface area contributed by atoms with E-state index in [0.717, 1.165) is 6.33 Å². The molecule has 4 aromatic rings. The number of aliphatic imine (C=N–C) groups is 1. The molecule has 270 valence electrons. The number of alkyl halides is 4. The van der Waals surface area contributed by atoms with Gasteiger partial charge in [0.1, 0.15) is 12.9 Å². The molecule has 1 amide bonds. The van der Waals surface area contributed by atoms with Crippen molar-refractivity contribution in [3.05, 3.63) is 83.4 Å². The van der Waals surface area contributed by atoms with Gasteiger partial charge in [-0.15, -0.1) is 0 Å². The van der Waals surface area contributed by atoms with Gasteiger partial charge in [0.25, 0.3) is 5.91 Å². The molecule has 0 fully saturated rings. The zero-order chi connectivity index (χ0) is 37.3. The molecule has 1 aliphatic rings. The van der Waals surface area contributed by atoms with Gasteiger partial charge in [-0.1, -0.05) is 76.6 Å². The third-order valence-corrected chi connectivity index (χ3v) is 8.71. The minimum atomic E-state index is -3.04. The molecule has 0 saturated carbocycles. The van der Waals surface area contributed by atoms with E-state index in [1.807, 2.05) is 20.8 Å². The van der Waals surface area contributed by atoms with Crippen LogP contribution in [0, 0.1) is 10.8 Å². The van der Waals surface area contributed by atoms with Crippen molar-refractivity contribution in [1.29, 1.82) is 0 Å². The number of ether oxygens (including phenoxy) is 1. The normalized spacial score (nSPS) is 17.3. The van der Waals surface area contributed by atoms with Crippen LogP contribution in [0.25, 0.3) is 22.8 Å². The number of carbonyl (C=O) groups excluding carboxylic acids is 2. The number of esters is 1. The molecule has 0 aliphatic carbocycles. The summed E-state index contributed by atoms with van der Waals surface area (Å²) in [5.74, 6) is -1.49. The molecule has 0 radical (unpaired) electrons. The summed E-state index contributed by atoms with van der Waals surface area (Å²) in [5, 5.41) is 3.63. The van der Waals surface area contributed by atoms with Gasteiger partial charge in [-0.25, -0.2) is 28.7 Å². The summed E-state index contributed by atoms with van der Waals surface area (Å²) in [6, 6.07) is 11.9. The van der Waals surface area contributed by atoms with Crippen molar-refractivity contribution in [2.24, 2.45) is 21.6 Å².